The summed E-state index contributed by atoms with van der Waals surface area (Å²) in [5, 5.41) is 11.7. The van der Waals surface area contributed by atoms with Gasteiger partial charge in [-0.2, -0.15) is 0 Å². The van der Waals surface area contributed by atoms with Gasteiger partial charge in [0.15, 0.2) is 0 Å². The maximum Gasteiger partial charge on any atom is 0.335 e. The minimum Gasteiger partial charge on any atom is -0.478 e. The zero-order valence-electron chi connectivity index (χ0n) is 9.90. The molecule has 0 radical (unpaired) electrons. The largest absolute Gasteiger partial charge is 0.478 e. The van der Waals surface area contributed by atoms with Crippen molar-refractivity contribution in [1.29, 1.82) is 0 Å². The van der Waals surface area contributed by atoms with Crippen LogP contribution in [0.15, 0.2) is 22.7 Å². The molecule has 0 spiro atoms. The summed E-state index contributed by atoms with van der Waals surface area (Å²) in [6, 6.07) is 4.75. The summed E-state index contributed by atoms with van der Waals surface area (Å²) in [6.07, 6.45) is 0. The molecular weight excluding hydrogens is 302 g/mol. The summed E-state index contributed by atoms with van der Waals surface area (Å²) in [7, 11) is 0. The zero-order valence-corrected chi connectivity index (χ0v) is 11.5. The lowest BCUT2D eigenvalue weighted by Crippen LogP contribution is -2.24. The number of carbonyl (C=O) groups is 2. The predicted molar refractivity (Wildman–Crippen MR) is 69.4 cm³/mol. The van der Waals surface area contributed by atoms with Crippen molar-refractivity contribution in [3.63, 3.8) is 0 Å². The molecule has 0 aliphatic carbocycles. The van der Waals surface area contributed by atoms with Crippen molar-refractivity contribution >= 4 is 27.9 Å². The number of hydrogen-bond donors (Lipinski definition) is 2. The summed E-state index contributed by atoms with van der Waals surface area (Å²) in [5.74, 6) is -1.28. The molecule has 1 rings (SSSR count). The van der Waals surface area contributed by atoms with Crippen molar-refractivity contribution in [2.24, 2.45) is 0 Å². The van der Waals surface area contributed by atoms with Crippen LogP contribution in [0, 0.1) is 0 Å². The smallest absolute Gasteiger partial charge is 0.335 e. The van der Waals surface area contributed by atoms with Gasteiger partial charge in [0.05, 0.1) is 18.7 Å². The highest BCUT2D eigenvalue weighted by atomic mass is 79.9. The molecule has 1 aromatic rings. The first-order valence-electron chi connectivity index (χ1n) is 5.42. The van der Waals surface area contributed by atoms with Gasteiger partial charge in [0.2, 0.25) is 0 Å². The number of halogens is 1. The molecule has 0 amide bonds. The van der Waals surface area contributed by atoms with E-state index in [1.54, 1.807) is 13.0 Å². The number of rotatable bonds is 6. The molecular formula is C12H14BrNO4. The summed E-state index contributed by atoms with van der Waals surface area (Å²) >= 11 is 3.29. The molecule has 0 bridgehead atoms. The molecule has 0 aliphatic heterocycles. The lowest BCUT2D eigenvalue weighted by molar-refractivity contribution is -0.142. The maximum absolute atomic E-state index is 11.1. The van der Waals surface area contributed by atoms with Crippen LogP contribution < -0.4 is 5.32 Å². The quantitative estimate of drug-likeness (QED) is 0.783. The van der Waals surface area contributed by atoms with Gasteiger partial charge in [0.1, 0.15) is 0 Å². The van der Waals surface area contributed by atoms with Gasteiger partial charge in [0.25, 0.3) is 0 Å². The van der Waals surface area contributed by atoms with Crippen molar-refractivity contribution in [3.05, 3.63) is 33.8 Å². The summed E-state index contributed by atoms with van der Waals surface area (Å²) in [5.41, 5.74) is 1.10. The van der Waals surface area contributed by atoms with Gasteiger partial charge in [-0.05, 0) is 24.6 Å². The Bertz CT molecular complexity index is 448. The Morgan fingerprint density at radius 2 is 2.17 bits per heavy atom. The van der Waals surface area contributed by atoms with Gasteiger partial charge in [0, 0.05) is 11.0 Å². The molecule has 18 heavy (non-hydrogen) atoms. The molecule has 6 heteroatoms. The number of aromatic carboxylic acids is 1. The van der Waals surface area contributed by atoms with Crippen LogP contribution in [0.5, 0.6) is 0 Å². The third-order valence-corrected chi connectivity index (χ3v) is 2.93. The van der Waals surface area contributed by atoms with E-state index in [9.17, 15) is 9.59 Å². The van der Waals surface area contributed by atoms with Crippen molar-refractivity contribution in [1.82, 2.24) is 5.32 Å². The Labute approximate surface area is 113 Å². The molecule has 0 heterocycles. The number of nitrogens with one attached hydrogen (secondary N) is 1. The Hall–Kier alpha value is -1.40. The zero-order chi connectivity index (χ0) is 13.5. The van der Waals surface area contributed by atoms with Gasteiger partial charge >= 0.3 is 11.9 Å². The summed E-state index contributed by atoms with van der Waals surface area (Å²) < 4.78 is 5.46. The van der Waals surface area contributed by atoms with Crippen LogP contribution in [0.25, 0.3) is 0 Å². The van der Waals surface area contributed by atoms with Crippen LogP contribution >= 0.6 is 15.9 Å². The molecule has 0 unspecified atom stereocenters. The van der Waals surface area contributed by atoms with Gasteiger partial charge < -0.3 is 15.2 Å². The first kappa shape index (κ1) is 14.7. The van der Waals surface area contributed by atoms with Crippen LogP contribution in [0.1, 0.15) is 22.8 Å². The molecule has 1 aromatic carbocycles. The minimum atomic E-state index is -0.971. The Kier molecular flexibility index (Phi) is 5.80. The molecule has 0 aliphatic rings. The topological polar surface area (TPSA) is 75.6 Å². The fourth-order valence-electron chi connectivity index (χ4n) is 1.33. The second-order valence-corrected chi connectivity index (χ2v) is 4.37. The van der Waals surface area contributed by atoms with E-state index in [0.29, 0.717) is 17.6 Å². The number of carboxylic acids is 1. The minimum absolute atomic E-state index is 0.126. The van der Waals surface area contributed by atoms with Crippen LogP contribution in [-0.4, -0.2) is 30.2 Å². The van der Waals surface area contributed by atoms with E-state index in [1.807, 2.05) is 0 Å². The van der Waals surface area contributed by atoms with Crippen LogP contribution in [0.2, 0.25) is 0 Å². The molecule has 0 saturated heterocycles. The predicted octanol–water partition coefficient (Wildman–Crippen LogP) is 1.80. The number of carboxylic acid groups (broad SMARTS) is 1. The van der Waals surface area contributed by atoms with Crippen molar-refractivity contribution in [2.75, 3.05) is 13.2 Å². The monoisotopic (exact) mass is 315 g/mol. The standard InChI is InChI=1S/C12H14BrNO4/c1-2-18-11(15)7-14-6-9-4-3-8(12(16)17)5-10(9)13/h3-5,14H,2,6-7H2,1H3,(H,16,17). The number of hydrogen-bond acceptors (Lipinski definition) is 4. The molecule has 0 aromatic heterocycles. The number of esters is 1. The van der Waals surface area contributed by atoms with E-state index in [2.05, 4.69) is 21.2 Å². The van der Waals surface area contributed by atoms with E-state index >= 15 is 0 Å². The summed E-state index contributed by atoms with van der Waals surface area (Å²) in [6.45, 7) is 2.69. The number of ether oxygens (including phenoxy) is 1. The average Bonchev–Trinajstić information content (AvgIpc) is 2.31. The number of benzene rings is 1. The lowest BCUT2D eigenvalue weighted by Gasteiger charge is -2.07. The number of carbonyl (C=O) groups excluding carboxylic acids is 1. The van der Waals surface area contributed by atoms with E-state index in [0.717, 1.165) is 5.56 Å². The Morgan fingerprint density at radius 3 is 2.72 bits per heavy atom. The lowest BCUT2D eigenvalue weighted by atomic mass is 10.1. The molecule has 5 nitrogen and oxygen atoms in total. The highest BCUT2D eigenvalue weighted by Crippen LogP contribution is 2.18. The fraction of sp³-hybridized carbons (Fsp3) is 0.333. The second kappa shape index (κ2) is 7.13. The van der Waals surface area contributed by atoms with E-state index in [1.165, 1.54) is 12.1 Å². The van der Waals surface area contributed by atoms with E-state index in [4.69, 9.17) is 9.84 Å². The maximum atomic E-state index is 11.1. The van der Waals surface area contributed by atoms with Crippen molar-refractivity contribution < 1.29 is 19.4 Å². The van der Waals surface area contributed by atoms with Crippen molar-refractivity contribution in [2.45, 2.75) is 13.5 Å². The fourth-order valence-corrected chi connectivity index (χ4v) is 1.85. The van der Waals surface area contributed by atoms with Gasteiger partial charge in [-0.15, -0.1) is 0 Å². The second-order valence-electron chi connectivity index (χ2n) is 3.52. The molecule has 98 valence electrons. The average molecular weight is 316 g/mol. The normalized spacial score (nSPS) is 10.1. The first-order chi connectivity index (χ1) is 8.54. The van der Waals surface area contributed by atoms with Crippen LogP contribution in [0.4, 0.5) is 0 Å². The molecule has 0 atom stereocenters. The van der Waals surface area contributed by atoms with Crippen molar-refractivity contribution in [3.8, 4) is 0 Å². The first-order valence-corrected chi connectivity index (χ1v) is 6.22. The third kappa shape index (κ3) is 4.46. The van der Waals surface area contributed by atoms with E-state index < -0.39 is 5.97 Å². The van der Waals surface area contributed by atoms with Crippen LogP contribution in [-0.2, 0) is 16.1 Å². The highest BCUT2D eigenvalue weighted by Gasteiger charge is 2.07. The molecule has 0 saturated carbocycles. The van der Waals surface area contributed by atoms with Gasteiger partial charge in [-0.1, -0.05) is 22.0 Å². The molecule has 2 N–H and O–H groups in total. The Morgan fingerprint density at radius 1 is 1.44 bits per heavy atom. The highest BCUT2D eigenvalue weighted by molar-refractivity contribution is 9.10. The SMILES string of the molecule is CCOC(=O)CNCc1ccc(C(=O)O)cc1Br. The molecule has 0 fully saturated rings. The van der Waals surface area contributed by atoms with Gasteiger partial charge in [-0.25, -0.2) is 4.79 Å². The van der Waals surface area contributed by atoms with Crippen LogP contribution in [0.3, 0.4) is 0 Å². The summed E-state index contributed by atoms with van der Waals surface area (Å²) in [4.78, 5) is 21.8. The third-order valence-electron chi connectivity index (χ3n) is 2.19. The van der Waals surface area contributed by atoms with Gasteiger partial charge in [-0.3, -0.25) is 4.79 Å². The van der Waals surface area contributed by atoms with E-state index in [-0.39, 0.29) is 18.1 Å². The Balaban J connectivity index is 2.53.